The van der Waals surface area contributed by atoms with E-state index in [0.29, 0.717) is 17.2 Å². The fourth-order valence-corrected chi connectivity index (χ4v) is 4.28. The van der Waals surface area contributed by atoms with Gasteiger partial charge in [0.1, 0.15) is 17.5 Å². The van der Waals surface area contributed by atoms with Crippen LogP contribution >= 0.6 is 0 Å². The number of nitrogens with zero attached hydrogens (tertiary/aromatic N) is 4. The lowest BCUT2D eigenvalue weighted by atomic mass is 9.97. The Morgan fingerprint density at radius 3 is 2.71 bits per heavy atom. The summed E-state index contributed by atoms with van der Waals surface area (Å²) in [6, 6.07) is 7.03. The molecule has 0 amide bonds. The lowest BCUT2D eigenvalue weighted by Gasteiger charge is -2.34. The van der Waals surface area contributed by atoms with Crippen LogP contribution in [0.3, 0.4) is 0 Å². The van der Waals surface area contributed by atoms with E-state index in [1.165, 1.54) is 12.1 Å². The van der Waals surface area contributed by atoms with Crippen LogP contribution in [0.4, 0.5) is 15.9 Å². The Balaban J connectivity index is 1.76. The first kappa shape index (κ1) is 19.4. The van der Waals surface area contributed by atoms with Gasteiger partial charge in [0.15, 0.2) is 0 Å². The van der Waals surface area contributed by atoms with Crippen LogP contribution in [0.1, 0.15) is 18.4 Å². The van der Waals surface area contributed by atoms with Crippen molar-refractivity contribution in [3.05, 3.63) is 54.2 Å². The van der Waals surface area contributed by atoms with Crippen LogP contribution < -0.4 is 16.4 Å². The minimum atomic E-state index is -0.283. The van der Waals surface area contributed by atoms with E-state index in [0.717, 1.165) is 59.3 Å². The molecule has 5 N–H and O–H groups in total. The maximum absolute atomic E-state index is 14.3. The topological polar surface area (TPSA) is 110 Å². The van der Waals surface area contributed by atoms with Gasteiger partial charge in [-0.3, -0.25) is 4.98 Å². The van der Waals surface area contributed by atoms with Gasteiger partial charge in [-0.05, 0) is 49.1 Å². The summed E-state index contributed by atoms with van der Waals surface area (Å²) >= 11 is 0. The molecule has 1 aliphatic rings. The van der Waals surface area contributed by atoms with Crippen molar-refractivity contribution in [2.75, 3.05) is 23.7 Å². The van der Waals surface area contributed by atoms with E-state index < -0.39 is 0 Å². The molecular formula is C23H24FN7. The van der Waals surface area contributed by atoms with Crippen molar-refractivity contribution in [3.63, 3.8) is 0 Å². The number of rotatable bonds is 3. The highest BCUT2D eigenvalue weighted by Crippen LogP contribution is 2.42. The average molecular weight is 417 g/mol. The number of hydrogen-bond donors (Lipinski definition) is 3. The minimum Gasteiger partial charge on any atom is -0.383 e. The van der Waals surface area contributed by atoms with Crippen LogP contribution in [0.5, 0.6) is 0 Å². The van der Waals surface area contributed by atoms with Gasteiger partial charge >= 0.3 is 0 Å². The van der Waals surface area contributed by atoms with Crippen LogP contribution in [0, 0.1) is 12.7 Å². The third-order valence-electron chi connectivity index (χ3n) is 5.81. The van der Waals surface area contributed by atoms with Gasteiger partial charge in [-0.25, -0.2) is 14.4 Å². The molecule has 4 heterocycles. The molecule has 0 aliphatic carbocycles. The Morgan fingerprint density at radius 2 is 1.97 bits per heavy atom. The number of pyridine rings is 2. The van der Waals surface area contributed by atoms with E-state index in [1.54, 1.807) is 18.6 Å². The third kappa shape index (κ3) is 3.59. The van der Waals surface area contributed by atoms with Gasteiger partial charge in [-0.15, -0.1) is 0 Å². The predicted octanol–water partition coefficient (Wildman–Crippen LogP) is 3.64. The van der Waals surface area contributed by atoms with Crippen LogP contribution in [-0.4, -0.2) is 39.1 Å². The number of aryl methyl sites for hydroxylation is 1. The summed E-state index contributed by atoms with van der Waals surface area (Å²) in [5.41, 5.74) is 18.2. The van der Waals surface area contributed by atoms with Crippen molar-refractivity contribution in [2.24, 2.45) is 5.73 Å². The molecule has 0 radical (unpaired) electrons. The van der Waals surface area contributed by atoms with Gasteiger partial charge in [0.05, 0.1) is 28.5 Å². The van der Waals surface area contributed by atoms with E-state index >= 15 is 0 Å². The van der Waals surface area contributed by atoms with Gasteiger partial charge in [-0.2, -0.15) is 0 Å². The number of anilines is 2. The number of halogens is 1. The highest BCUT2D eigenvalue weighted by Gasteiger charge is 2.26. The second kappa shape index (κ2) is 7.63. The molecule has 0 bridgehead atoms. The number of imidazole rings is 1. The summed E-state index contributed by atoms with van der Waals surface area (Å²) < 4.78 is 14.3. The quantitative estimate of drug-likeness (QED) is 0.469. The SMILES string of the molecule is Cc1cc(F)cc(-c2cnc(N)c(-c3nc4ccncc4[nH]3)c2N2CCC(N)CC2)c1. The summed E-state index contributed by atoms with van der Waals surface area (Å²) in [5, 5.41) is 0. The second-order valence-electron chi connectivity index (χ2n) is 8.10. The van der Waals surface area contributed by atoms with Crippen molar-refractivity contribution >= 4 is 22.5 Å². The van der Waals surface area contributed by atoms with Gasteiger partial charge in [-0.1, -0.05) is 6.07 Å². The highest BCUT2D eigenvalue weighted by molar-refractivity contribution is 5.95. The molecule has 1 saturated heterocycles. The average Bonchev–Trinajstić information content (AvgIpc) is 3.17. The Kier molecular flexibility index (Phi) is 4.78. The zero-order valence-electron chi connectivity index (χ0n) is 17.3. The first-order valence-electron chi connectivity index (χ1n) is 10.4. The molecule has 0 spiro atoms. The normalized spacial score (nSPS) is 15.0. The molecule has 4 aromatic rings. The first-order chi connectivity index (χ1) is 15.0. The minimum absolute atomic E-state index is 0.177. The van der Waals surface area contributed by atoms with Crippen molar-refractivity contribution in [3.8, 4) is 22.5 Å². The number of nitrogen functional groups attached to an aromatic ring is 1. The van der Waals surface area contributed by atoms with E-state index in [2.05, 4.69) is 19.9 Å². The van der Waals surface area contributed by atoms with Crippen molar-refractivity contribution < 1.29 is 4.39 Å². The lowest BCUT2D eigenvalue weighted by molar-refractivity contribution is 0.501. The summed E-state index contributed by atoms with van der Waals surface area (Å²) in [4.78, 5) is 19.0. The highest BCUT2D eigenvalue weighted by atomic mass is 19.1. The first-order valence-corrected chi connectivity index (χ1v) is 10.4. The zero-order chi connectivity index (χ0) is 21.5. The number of nitrogens with one attached hydrogen (secondary N) is 1. The second-order valence-corrected chi connectivity index (χ2v) is 8.10. The summed E-state index contributed by atoms with van der Waals surface area (Å²) in [5.74, 6) is 0.705. The molecule has 8 heteroatoms. The van der Waals surface area contributed by atoms with Gasteiger partial charge in [0.2, 0.25) is 0 Å². The lowest BCUT2D eigenvalue weighted by Crippen LogP contribution is -2.40. The number of H-pyrrole nitrogens is 1. The van der Waals surface area contributed by atoms with Crippen molar-refractivity contribution in [1.29, 1.82) is 0 Å². The number of aromatic amines is 1. The fourth-order valence-electron chi connectivity index (χ4n) is 4.28. The third-order valence-corrected chi connectivity index (χ3v) is 5.81. The molecule has 5 rings (SSSR count). The van der Waals surface area contributed by atoms with Crippen LogP contribution in [0.15, 0.2) is 42.9 Å². The van der Waals surface area contributed by atoms with Gasteiger partial charge in [0.25, 0.3) is 0 Å². The number of nitrogens with two attached hydrogens (primary N) is 2. The predicted molar refractivity (Wildman–Crippen MR) is 121 cm³/mol. The molecule has 3 aromatic heterocycles. The molecular weight excluding hydrogens is 393 g/mol. The Morgan fingerprint density at radius 1 is 1.16 bits per heavy atom. The summed E-state index contributed by atoms with van der Waals surface area (Å²) in [6.07, 6.45) is 6.89. The number of benzene rings is 1. The van der Waals surface area contributed by atoms with Crippen molar-refractivity contribution in [1.82, 2.24) is 19.9 Å². The Hall–Kier alpha value is -3.52. The maximum atomic E-state index is 14.3. The van der Waals surface area contributed by atoms with E-state index in [1.807, 2.05) is 19.1 Å². The molecule has 1 aliphatic heterocycles. The Bertz CT molecular complexity index is 1210. The summed E-state index contributed by atoms with van der Waals surface area (Å²) in [7, 11) is 0. The monoisotopic (exact) mass is 417 g/mol. The van der Waals surface area contributed by atoms with Crippen LogP contribution in [0.2, 0.25) is 0 Å². The molecule has 1 aromatic carbocycles. The molecule has 0 atom stereocenters. The van der Waals surface area contributed by atoms with Crippen LogP contribution in [0.25, 0.3) is 33.5 Å². The molecule has 0 saturated carbocycles. The maximum Gasteiger partial charge on any atom is 0.144 e. The van der Waals surface area contributed by atoms with Gasteiger partial charge < -0.3 is 21.4 Å². The smallest absolute Gasteiger partial charge is 0.144 e. The van der Waals surface area contributed by atoms with Crippen molar-refractivity contribution in [2.45, 2.75) is 25.8 Å². The molecule has 31 heavy (non-hydrogen) atoms. The Labute approximate surface area is 179 Å². The number of aromatic nitrogens is 4. The molecule has 1 fully saturated rings. The number of piperidine rings is 1. The number of fused-ring (bicyclic) bond motifs is 1. The summed E-state index contributed by atoms with van der Waals surface area (Å²) in [6.45, 7) is 3.44. The fraction of sp³-hybridized carbons (Fsp3) is 0.261. The van der Waals surface area contributed by atoms with Gasteiger partial charge in [0, 0.05) is 37.1 Å². The standard InChI is InChI=1S/C23H24FN7/c1-13-8-14(10-15(24)9-13)17-11-28-22(26)20(21(17)31-6-3-16(25)4-7-31)23-29-18-2-5-27-12-19(18)30-23/h2,5,8-12,16H,3-4,6-7,25H2,1H3,(H2,26,28)(H,29,30). The zero-order valence-corrected chi connectivity index (χ0v) is 17.3. The van der Waals surface area contributed by atoms with E-state index in [-0.39, 0.29) is 11.9 Å². The van der Waals surface area contributed by atoms with Crippen LogP contribution in [-0.2, 0) is 0 Å². The number of hydrogen-bond acceptors (Lipinski definition) is 6. The van der Waals surface area contributed by atoms with E-state index in [4.69, 9.17) is 16.5 Å². The molecule has 158 valence electrons. The largest absolute Gasteiger partial charge is 0.383 e. The van der Waals surface area contributed by atoms with E-state index in [9.17, 15) is 4.39 Å². The molecule has 0 unspecified atom stereocenters. The molecule has 7 nitrogen and oxygen atoms in total.